The van der Waals surface area contributed by atoms with Crippen molar-refractivity contribution in [2.24, 2.45) is 0 Å². The summed E-state index contributed by atoms with van der Waals surface area (Å²) in [6.07, 6.45) is 10.0. The Hall–Kier alpha value is -1.31. The van der Waals surface area contributed by atoms with Crippen LogP contribution in [0, 0.1) is 6.20 Å². The van der Waals surface area contributed by atoms with Crippen molar-refractivity contribution in [1.82, 2.24) is 4.90 Å². The molecule has 1 aliphatic rings. The Labute approximate surface area is 215 Å². The summed E-state index contributed by atoms with van der Waals surface area (Å²) in [4.78, 5) is 23.9. The van der Waals surface area contributed by atoms with E-state index >= 15 is 0 Å². The molecule has 0 spiro atoms. The largest absolute Gasteiger partial charge is 3.00 e. The van der Waals surface area contributed by atoms with Crippen LogP contribution in [-0.2, 0) is 48.5 Å². The standard InChI is InChI=1S/C10H12NO4S2.C8H11P.C5H10.Co/c1-6(8(12)14-3)7(9(13)15-4)5-11(2)10(16)17;1-9(2)8-6-4-3-5-7-8;1-2-4-5-3-1;/h1H2,2-4H3,(H,16,17);3-7H,1-2H3;1-5H2;/q-1;;;+3/p-1. The van der Waals surface area contributed by atoms with E-state index in [-0.39, 0.29) is 40.2 Å². The Morgan fingerprint density at radius 3 is 1.78 bits per heavy atom. The van der Waals surface area contributed by atoms with Crippen LogP contribution in [0.3, 0.4) is 0 Å². The normalized spacial score (nSPS) is 12.1. The van der Waals surface area contributed by atoms with Gasteiger partial charge in [0.25, 0.3) is 11.9 Å². The predicted octanol–water partition coefficient (Wildman–Crippen LogP) is 4.34. The van der Waals surface area contributed by atoms with Crippen LogP contribution < -0.4 is 5.30 Å². The van der Waals surface area contributed by atoms with Gasteiger partial charge >= 0.3 is 16.8 Å². The zero-order chi connectivity index (χ0) is 23.8. The molecular weight excluding hydrogens is 508 g/mol. The summed E-state index contributed by atoms with van der Waals surface area (Å²) in [6.45, 7) is 7.97. The van der Waals surface area contributed by atoms with Crippen molar-refractivity contribution in [2.75, 3.05) is 34.6 Å². The first-order valence-electron chi connectivity index (χ1n) is 9.82. The molecule has 0 radical (unpaired) electrons. The number of hydrogen-bond donors (Lipinski definition) is 0. The van der Waals surface area contributed by atoms with Gasteiger partial charge < -0.3 is 44.0 Å². The van der Waals surface area contributed by atoms with Gasteiger partial charge in [-0.05, 0) is 36.8 Å². The number of hydrogen-bond acceptors (Lipinski definition) is 6. The number of ether oxygens (including phenoxy) is 2. The molecule has 9 heteroatoms. The Balaban J connectivity index is 0. The number of methoxy groups -OCH3 is 2. The summed E-state index contributed by atoms with van der Waals surface area (Å²) < 4.78 is 9.00. The van der Waals surface area contributed by atoms with E-state index < -0.39 is 11.9 Å². The van der Waals surface area contributed by atoms with Crippen molar-refractivity contribution >= 4 is 54.3 Å². The Morgan fingerprint density at radius 2 is 1.47 bits per heavy atom. The molecule has 0 aromatic heterocycles. The molecule has 1 fully saturated rings. The summed E-state index contributed by atoms with van der Waals surface area (Å²) in [7, 11) is 3.93. The van der Waals surface area contributed by atoms with Crippen molar-refractivity contribution in [3.05, 3.63) is 54.3 Å². The van der Waals surface area contributed by atoms with Gasteiger partial charge in [-0.3, -0.25) is 4.79 Å². The van der Waals surface area contributed by atoms with E-state index in [1.54, 1.807) is 0 Å². The van der Waals surface area contributed by atoms with Crippen molar-refractivity contribution in [3.63, 3.8) is 0 Å². The zero-order valence-corrected chi connectivity index (χ0v) is 22.9. The number of rotatable bonds is 5. The van der Waals surface area contributed by atoms with Crippen LogP contribution in [0.2, 0.25) is 0 Å². The van der Waals surface area contributed by atoms with Gasteiger partial charge in [0.05, 0.1) is 14.2 Å². The molecule has 1 aromatic carbocycles. The second-order valence-corrected chi connectivity index (χ2v) is 10.1. The number of esters is 2. The smallest absolute Gasteiger partial charge is 0.509 e. The molecule has 0 heterocycles. The van der Waals surface area contributed by atoms with Gasteiger partial charge in [-0.15, -0.1) is 10.9 Å². The minimum absolute atomic E-state index is 0. The Morgan fingerprint density at radius 1 is 1.03 bits per heavy atom. The molecule has 32 heavy (non-hydrogen) atoms. The van der Waals surface area contributed by atoms with Crippen LogP contribution >= 0.6 is 20.1 Å². The van der Waals surface area contributed by atoms with E-state index in [0.717, 1.165) is 0 Å². The maximum Gasteiger partial charge on any atom is 3.00 e. The maximum atomic E-state index is 11.4. The summed E-state index contributed by atoms with van der Waals surface area (Å²) in [5, 5.41) is 1.48. The van der Waals surface area contributed by atoms with E-state index in [2.05, 4.69) is 65.9 Å². The van der Waals surface area contributed by atoms with E-state index in [9.17, 15) is 9.59 Å². The summed E-state index contributed by atoms with van der Waals surface area (Å²) in [5.41, 5.74) is -0.369. The number of thiocarbonyl (C=S) groups is 1. The fourth-order valence-electron chi connectivity index (χ4n) is 2.39. The SMILES string of the molecule is C1CCCC1.C=C(C(=O)OC)C(=[C-]N(C)C(=S)[S-])C(=O)OC.CP(C)c1ccccc1.[Co+3]. The van der Waals surface area contributed by atoms with Crippen molar-refractivity contribution in [3.8, 4) is 0 Å². The topological polar surface area (TPSA) is 55.8 Å². The second-order valence-electron chi connectivity index (χ2n) is 6.77. The van der Waals surface area contributed by atoms with E-state index in [0.29, 0.717) is 0 Å². The number of carbonyl (C=O) groups is 2. The van der Waals surface area contributed by atoms with Gasteiger partial charge in [0.2, 0.25) is 0 Å². The fraction of sp³-hybridized carbons (Fsp3) is 0.435. The molecule has 1 aromatic rings. The summed E-state index contributed by atoms with van der Waals surface area (Å²) in [5.74, 6) is -1.54. The van der Waals surface area contributed by atoms with Crippen LogP contribution in [0.1, 0.15) is 32.1 Å². The van der Waals surface area contributed by atoms with Crippen LogP contribution in [0.5, 0.6) is 0 Å². The van der Waals surface area contributed by atoms with Gasteiger partial charge in [-0.25, -0.2) is 0 Å². The van der Waals surface area contributed by atoms with Gasteiger partial charge in [0.15, 0.2) is 0 Å². The van der Waals surface area contributed by atoms with E-state index in [1.165, 1.54) is 63.6 Å². The summed E-state index contributed by atoms with van der Waals surface area (Å²) in [6, 6.07) is 10.6. The molecule has 1 aliphatic carbocycles. The molecule has 0 N–H and O–H groups in total. The average molecular weight is 541 g/mol. The molecule has 2 rings (SSSR count). The maximum absolute atomic E-state index is 11.4. The van der Waals surface area contributed by atoms with Crippen molar-refractivity contribution in [1.29, 1.82) is 0 Å². The van der Waals surface area contributed by atoms with Crippen molar-refractivity contribution < 1.29 is 35.8 Å². The van der Waals surface area contributed by atoms with Gasteiger partial charge in [-0.2, -0.15) is 0 Å². The molecule has 0 saturated heterocycles. The number of carbonyl (C=O) groups excluding carboxylic acids is 2. The van der Waals surface area contributed by atoms with Crippen LogP contribution in [-0.4, -0.2) is 55.8 Å². The Bertz CT molecular complexity index is 746. The van der Waals surface area contributed by atoms with E-state index in [4.69, 9.17) is 24.8 Å². The molecule has 0 amide bonds. The quantitative estimate of drug-likeness (QED) is 0.0805. The van der Waals surface area contributed by atoms with Crippen LogP contribution in [0.15, 0.2) is 48.1 Å². The minimum atomic E-state index is -0.779. The van der Waals surface area contributed by atoms with Crippen LogP contribution in [0.25, 0.3) is 0 Å². The molecule has 1 saturated carbocycles. The summed E-state index contributed by atoms with van der Waals surface area (Å²) >= 11 is 9.41. The first-order chi connectivity index (χ1) is 14.6. The molecular formula is C23H32CoNO4PS2+. The molecule has 0 atom stereocenters. The first-order valence-corrected chi connectivity index (χ1v) is 12.9. The molecule has 178 valence electrons. The predicted molar refractivity (Wildman–Crippen MR) is 136 cm³/mol. The third-order valence-electron chi connectivity index (χ3n) is 4.20. The fourth-order valence-corrected chi connectivity index (χ4v) is 3.25. The molecule has 0 bridgehead atoms. The third kappa shape index (κ3) is 14.0. The molecule has 5 nitrogen and oxygen atoms in total. The molecule has 0 unspecified atom stereocenters. The zero-order valence-electron chi connectivity index (χ0n) is 19.3. The Kier molecular flexibility index (Phi) is 19.7. The van der Waals surface area contributed by atoms with E-state index in [1.807, 2.05) is 0 Å². The minimum Gasteiger partial charge on any atom is -0.509 e. The monoisotopic (exact) mass is 540 g/mol. The molecule has 0 aliphatic heterocycles. The van der Waals surface area contributed by atoms with Gasteiger partial charge in [-0.1, -0.05) is 76.6 Å². The average Bonchev–Trinajstić information content (AvgIpc) is 3.37. The van der Waals surface area contributed by atoms with Gasteiger partial charge in [0, 0.05) is 0 Å². The third-order valence-corrected chi connectivity index (χ3v) is 6.08. The van der Waals surface area contributed by atoms with Crippen LogP contribution in [0.4, 0.5) is 0 Å². The number of benzene rings is 1. The van der Waals surface area contributed by atoms with Crippen molar-refractivity contribution in [2.45, 2.75) is 32.1 Å². The van der Waals surface area contributed by atoms with Gasteiger partial charge in [0.1, 0.15) is 0 Å². The second kappa shape index (κ2) is 19.2. The first kappa shape index (κ1) is 32.9. The number of nitrogens with zero attached hydrogens (tertiary/aromatic N) is 1.